The van der Waals surface area contributed by atoms with Crippen molar-refractivity contribution in [2.24, 2.45) is 5.73 Å². The first-order valence-electron chi connectivity index (χ1n) is 6.95. The molecule has 1 heterocycles. The third kappa shape index (κ3) is 4.20. The van der Waals surface area contributed by atoms with Gasteiger partial charge in [0.05, 0.1) is 0 Å². The van der Waals surface area contributed by atoms with E-state index in [1.54, 1.807) is 0 Å². The van der Waals surface area contributed by atoms with Crippen molar-refractivity contribution < 1.29 is 17.6 Å². The van der Waals surface area contributed by atoms with Crippen LogP contribution in [-0.4, -0.2) is 42.7 Å². The fourth-order valence-corrected chi connectivity index (χ4v) is 5.33. The molecular weight excluding hydrogens is 442 g/mol. The summed E-state index contributed by atoms with van der Waals surface area (Å²) in [4.78, 5) is 25.4. The second-order valence-corrected chi connectivity index (χ2v) is 22.0. The molecule has 0 saturated carbocycles. The standard InChI is InChI=1S/C11H8FN4O3S.3CH3.Sn/c12-9-3-7(11(13)17)1-2-10(9)16-20(18,19)8-4-14-6-15-5-8;;;;/h1-5,16H,(H2,13,17);3*1H3;. The van der Waals surface area contributed by atoms with Gasteiger partial charge in [0.25, 0.3) is 0 Å². The number of sulfonamides is 1. The van der Waals surface area contributed by atoms with Crippen LogP contribution in [0.2, 0.25) is 14.8 Å². The zero-order chi connectivity index (χ0) is 18.1. The molecule has 0 aliphatic heterocycles. The van der Waals surface area contributed by atoms with Gasteiger partial charge in [0.15, 0.2) is 0 Å². The van der Waals surface area contributed by atoms with Crippen molar-refractivity contribution in [3.05, 3.63) is 42.0 Å². The molecule has 128 valence electrons. The van der Waals surface area contributed by atoms with Crippen molar-refractivity contribution >= 4 is 43.8 Å². The maximum absolute atomic E-state index is 13.9. The van der Waals surface area contributed by atoms with Crippen molar-refractivity contribution in [3.63, 3.8) is 0 Å². The molecule has 3 N–H and O–H groups in total. The number of hydrogen-bond acceptors (Lipinski definition) is 5. The number of halogens is 1. The van der Waals surface area contributed by atoms with E-state index in [1.807, 2.05) is 0 Å². The molecule has 0 aliphatic rings. The molecule has 1 aromatic carbocycles. The van der Waals surface area contributed by atoms with Gasteiger partial charge in [-0.25, -0.2) is 0 Å². The van der Waals surface area contributed by atoms with Gasteiger partial charge in [-0.05, 0) is 0 Å². The van der Waals surface area contributed by atoms with Gasteiger partial charge in [0.2, 0.25) is 0 Å². The van der Waals surface area contributed by atoms with Crippen molar-refractivity contribution in [1.29, 1.82) is 0 Å². The first-order valence-corrected chi connectivity index (χ1v) is 18.4. The fraction of sp³-hybridized carbons (Fsp3) is 0.214. The van der Waals surface area contributed by atoms with Gasteiger partial charge in [-0.1, -0.05) is 0 Å². The predicted octanol–water partition coefficient (Wildman–Crippen LogP) is 1.06. The first kappa shape index (κ1) is 18.6. The van der Waals surface area contributed by atoms with Crippen LogP contribution < -0.4 is 14.3 Å². The summed E-state index contributed by atoms with van der Waals surface area (Å²) in [6.45, 7) is 0. The molecule has 0 spiro atoms. The number of anilines is 1. The second-order valence-electron chi connectivity index (χ2n) is 6.16. The minimum absolute atomic E-state index is 0.0548. The Morgan fingerprint density at radius 2 is 1.79 bits per heavy atom. The normalized spacial score (nSPS) is 12.0. The molecule has 7 nitrogen and oxygen atoms in total. The molecule has 0 fully saturated rings. The van der Waals surface area contributed by atoms with Crippen LogP contribution >= 0.6 is 0 Å². The summed E-state index contributed by atoms with van der Waals surface area (Å²) in [5.41, 5.74) is 4.70. The Balaban J connectivity index is 2.30. The zero-order valence-corrected chi connectivity index (χ0v) is 17.0. The van der Waals surface area contributed by atoms with Crippen LogP contribution in [0.3, 0.4) is 0 Å². The quantitative estimate of drug-likeness (QED) is 0.650. The molecule has 0 bridgehead atoms. The summed E-state index contributed by atoms with van der Waals surface area (Å²) in [5.74, 6) is -1.71. The number of nitrogens with zero attached hydrogens (tertiary/aromatic N) is 2. The Labute approximate surface area is 143 Å². The Bertz CT molecular complexity index is 880. The summed E-state index contributed by atoms with van der Waals surface area (Å²) < 4.78 is 41.3. The van der Waals surface area contributed by atoms with Crippen LogP contribution in [0.4, 0.5) is 10.1 Å². The van der Waals surface area contributed by atoms with Gasteiger partial charge in [-0.3, -0.25) is 0 Å². The first-order chi connectivity index (χ1) is 11.0. The third-order valence-corrected chi connectivity index (χ3v) is 8.99. The van der Waals surface area contributed by atoms with Crippen molar-refractivity contribution in [3.8, 4) is 0 Å². The van der Waals surface area contributed by atoms with E-state index in [0.717, 1.165) is 12.1 Å². The molecule has 10 heteroatoms. The summed E-state index contributed by atoms with van der Waals surface area (Å²) >= 11 is -2.49. The Hall–Kier alpha value is -1.75. The SMILES string of the molecule is [CH3][Sn]([CH3])([CH3])[c]1ncc(S(=O)(=O)Nc2ccc(C(N)=O)cc2F)cn1. The molecule has 0 saturated heterocycles. The fourth-order valence-electron chi connectivity index (χ4n) is 1.80. The molecule has 1 amide bonds. The second kappa shape index (κ2) is 6.63. The van der Waals surface area contributed by atoms with Gasteiger partial charge >= 0.3 is 144 Å². The van der Waals surface area contributed by atoms with Crippen molar-refractivity contribution in [1.82, 2.24) is 9.97 Å². The predicted molar refractivity (Wildman–Crippen MR) is 90.7 cm³/mol. The number of primary amides is 1. The summed E-state index contributed by atoms with van der Waals surface area (Å²) in [6, 6.07) is 3.23. The van der Waals surface area contributed by atoms with E-state index in [4.69, 9.17) is 5.73 Å². The number of rotatable bonds is 5. The number of nitrogens with one attached hydrogen (secondary N) is 1. The third-order valence-electron chi connectivity index (χ3n) is 3.11. The molecule has 2 aromatic rings. The van der Waals surface area contributed by atoms with E-state index in [9.17, 15) is 17.6 Å². The number of aromatic nitrogens is 2. The Morgan fingerprint density at radius 1 is 1.21 bits per heavy atom. The van der Waals surface area contributed by atoms with E-state index in [1.165, 1.54) is 18.5 Å². The van der Waals surface area contributed by atoms with Gasteiger partial charge in [-0.15, -0.1) is 0 Å². The molecular formula is C14H17FN4O3SSn. The average molecular weight is 459 g/mol. The molecule has 24 heavy (non-hydrogen) atoms. The average Bonchev–Trinajstić information content (AvgIpc) is 2.48. The molecule has 0 atom stereocenters. The minimum atomic E-state index is -4.04. The number of carbonyl (C=O) groups is 1. The van der Waals surface area contributed by atoms with Crippen LogP contribution in [0, 0.1) is 5.82 Å². The van der Waals surface area contributed by atoms with Crippen LogP contribution in [0.25, 0.3) is 0 Å². The molecule has 0 aliphatic carbocycles. The monoisotopic (exact) mass is 460 g/mol. The van der Waals surface area contributed by atoms with Gasteiger partial charge in [0, 0.05) is 0 Å². The van der Waals surface area contributed by atoms with Gasteiger partial charge < -0.3 is 0 Å². The zero-order valence-electron chi connectivity index (χ0n) is 13.4. The van der Waals surface area contributed by atoms with Crippen LogP contribution in [0.15, 0.2) is 35.5 Å². The summed E-state index contributed by atoms with van der Waals surface area (Å²) in [5, 5.41) is 0. The summed E-state index contributed by atoms with van der Waals surface area (Å²) in [7, 11) is -4.04. The van der Waals surface area contributed by atoms with E-state index in [0.29, 0.717) is 3.84 Å². The molecule has 2 rings (SSSR count). The van der Waals surface area contributed by atoms with Crippen molar-refractivity contribution in [2.75, 3.05) is 4.72 Å². The number of amides is 1. The van der Waals surface area contributed by atoms with Crippen LogP contribution in [0.5, 0.6) is 0 Å². The van der Waals surface area contributed by atoms with Gasteiger partial charge in [0.1, 0.15) is 0 Å². The van der Waals surface area contributed by atoms with E-state index in [2.05, 4.69) is 29.5 Å². The van der Waals surface area contributed by atoms with E-state index in [-0.39, 0.29) is 16.1 Å². The molecule has 0 unspecified atom stereocenters. The van der Waals surface area contributed by atoms with Crippen LogP contribution in [0.1, 0.15) is 10.4 Å². The summed E-state index contributed by atoms with van der Waals surface area (Å²) in [6.07, 6.45) is 2.42. The molecule has 0 radical (unpaired) electrons. The maximum atomic E-state index is 13.9. The van der Waals surface area contributed by atoms with Gasteiger partial charge in [-0.2, -0.15) is 0 Å². The number of benzene rings is 1. The molecule has 1 aromatic heterocycles. The number of hydrogen-bond donors (Lipinski definition) is 2. The Morgan fingerprint density at radius 3 is 2.25 bits per heavy atom. The number of nitrogens with two attached hydrogens (primary N) is 1. The number of carbonyl (C=O) groups excluding carboxylic acids is 1. The van der Waals surface area contributed by atoms with E-state index >= 15 is 0 Å². The van der Waals surface area contributed by atoms with Crippen LogP contribution in [-0.2, 0) is 10.0 Å². The van der Waals surface area contributed by atoms with E-state index < -0.39 is 40.1 Å². The topological polar surface area (TPSA) is 115 Å². The van der Waals surface area contributed by atoms with Crippen molar-refractivity contribution in [2.45, 2.75) is 19.7 Å². The Kier molecular flexibility index (Phi) is 5.13.